The van der Waals surface area contributed by atoms with Gasteiger partial charge in [-0.3, -0.25) is 28.8 Å². The normalized spacial score (nSPS) is 24.7. The fourth-order valence-electron chi connectivity index (χ4n) is 9.64. The summed E-state index contributed by atoms with van der Waals surface area (Å²) >= 11 is 0. The summed E-state index contributed by atoms with van der Waals surface area (Å²) < 4.78 is 11.3. The van der Waals surface area contributed by atoms with Crippen molar-refractivity contribution in [1.82, 2.24) is 30.2 Å². The van der Waals surface area contributed by atoms with E-state index >= 15 is 0 Å². The molecule has 4 aromatic rings. The standard InChI is InChI=1S/2C24H25N3O5/c2*1-14(26-11-15-6-2-3-7-17(15)24(26)31)23(30)27-12-16(28)10-20(27)22(29)25-19-13-32-21-9-5-4-8-18(19)21/h2*2-9,14,16,19-20,28H,10-13H2,1H3,(H,25,29)/t14-,16+,19+,20-;14-,16+,19-,20-/m00/s1. The van der Waals surface area contributed by atoms with Crippen molar-refractivity contribution in [2.24, 2.45) is 0 Å². The molecule has 6 amide bonds. The van der Waals surface area contributed by atoms with Crippen molar-refractivity contribution in [2.75, 3.05) is 26.3 Å². The van der Waals surface area contributed by atoms with Crippen LogP contribution in [0.1, 0.15) is 81.7 Å². The lowest BCUT2D eigenvalue weighted by Gasteiger charge is -2.31. The van der Waals surface area contributed by atoms with Gasteiger partial charge in [-0.15, -0.1) is 0 Å². The van der Waals surface area contributed by atoms with Crippen LogP contribution >= 0.6 is 0 Å². The summed E-state index contributed by atoms with van der Waals surface area (Å²) in [5.41, 5.74) is 4.75. The van der Waals surface area contributed by atoms with Crippen LogP contribution in [0.2, 0.25) is 0 Å². The number of benzene rings is 4. The summed E-state index contributed by atoms with van der Waals surface area (Å²) in [7, 11) is 0. The molecule has 0 aliphatic carbocycles. The first-order chi connectivity index (χ1) is 30.9. The largest absolute Gasteiger partial charge is 0.491 e. The molecule has 332 valence electrons. The molecule has 0 bridgehead atoms. The highest BCUT2D eigenvalue weighted by atomic mass is 16.5. The highest BCUT2D eigenvalue weighted by Crippen LogP contribution is 2.35. The minimum absolute atomic E-state index is 0.0635. The number of hydrogen-bond acceptors (Lipinski definition) is 10. The number of fused-ring (bicyclic) bond motifs is 4. The van der Waals surface area contributed by atoms with Gasteiger partial charge in [0.15, 0.2) is 0 Å². The van der Waals surface area contributed by atoms with Gasteiger partial charge in [0.05, 0.1) is 24.3 Å². The number of aliphatic hydroxyl groups is 2. The maximum atomic E-state index is 13.3. The van der Waals surface area contributed by atoms with E-state index in [-0.39, 0.29) is 73.5 Å². The number of nitrogens with zero attached hydrogens (tertiary/aromatic N) is 4. The van der Waals surface area contributed by atoms with E-state index in [4.69, 9.17) is 9.47 Å². The molecule has 64 heavy (non-hydrogen) atoms. The van der Waals surface area contributed by atoms with Crippen molar-refractivity contribution in [2.45, 2.75) is 88.2 Å². The molecule has 8 atom stereocenters. The number of carbonyl (C=O) groups excluding carboxylic acids is 6. The summed E-state index contributed by atoms with van der Waals surface area (Å²) in [5.74, 6) is -0.261. The van der Waals surface area contributed by atoms with Crippen molar-refractivity contribution in [3.63, 3.8) is 0 Å². The first-order valence-corrected chi connectivity index (χ1v) is 21.7. The summed E-state index contributed by atoms with van der Waals surface area (Å²) in [6, 6.07) is 25.9. The molecule has 6 aliphatic heterocycles. The average Bonchev–Trinajstić information content (AvgIpc) is 4.18. The van der Waals surface area contributed by atoms with Gasteiger partial charge in [-0.25, -0.2) is 0 Å². The summed E-state index contributed by atoms with van der Waals surface area (Å²) in [6.07, 6.45) is -1.26. The molecule has 6 aliphatic rings. The van der Waals surface area contributed by atoms with Gasteiger partial charge in [-0.1, -0.05) is 72.8 Å². The van der Waals surface area contributed by atoms with E-state index in [0.29, 0.717) is 37.4 Å². The summed E-state index contributed by atoms with van der Waals surface area (Å²) in [4.78, 5) is 84.3. The Kier molecular flexibility index (Phi) is 11.6. The molecular formula is C48H50N6O10. The second-order valence-corrected chi connectivity index (χ2v) is 17.1. The molecule has 0 unspecified atom stereocenters. The molecule has 2 saturated heterocycles. The quantitative estimate of drug-likeness (QED) is 0.204. The molecular weight excluding hydrogens is 821 g/mol. The number of nitrogens with one attached hydrogen (secondary N) is 2. The van der Waals surface area contributed by atoms with Crippen molar-refractivity contribution in [1.29, 1.82) is 0 Å². The second kappa shape index (κ2) is 17.4. The molecule has 10 rings (SSSR count). The van der Waals surface area contributed by atoms with Crippen LogP contribution in [0, 0.1) is 0 Å². The van der Waals surface area contributed by atoms with Crippen LogP contribution in [0.15, 0.2) is 97.1 Å². The van der Waals surface area contributed by atoms with Gasteiger partial charge in [0.1, 0.15) is 48.9 Å². The molecule has 4 N–H and O–H groups in total. The number of para-hydroxylation sites is 2. The Bertz CT molecular complexity index is 2340. The predicted molar refractivity (Wildman–Crippen MR) is 229 cm³/mol. The Morgan fingerprint density at radius 1 is 0.578 bits per heavy atom. The van der Waals surface area contributed by atoms with Crippen LogP contribution in [0.3, 0.4) is 0 Å². The SMILES string of the molecule is C[C@@H](C(=O)N1C[C@H](O)C[C@H]1C(=O)N[C@@H]1COc2ccccc21)N1Cc2ccccc2C1=O.C[C@@H](C(=O)N1C[C@H](O)C[C@H]1C(=O)N[C@H]1COc2ccccc21)N1Cc2ccccc2C1=O. The third-order valence-electron chi connectivity index (χ3n) is 13.1. The molecule has 4 aromatic carbocycles. The number of hydrogen-bond donors (Lipinski definition) is 4. The second-order valence-electron chi connectivity index (χ2n) is 17.1. The van der Waals surface area contributed by atoms with Gasteiger partial charge in [0, 0.05) is 61.3 Å². The number of likely N-dealkylation sites (tertiary alicyclic amines) is 2. The Hall–Kier alpha value is -6.78. The number of amides is 6. The molecule has 2 fully saturated rings. The van der Waals surface area contributed by atoms with E-state index in [0.717, 1.165) is 33.8 Å². The van der Waals surface area contributed by atoms with E-state index < -0.39 is 36.4 Å². The molecule has 0 spiro atoms. The first kappa shape index (κ1) is 42.5. The van der Waals surface area contributed by atoms with Crippen LogP contribution in [-0.4, -0.2) is 128 Å². The number of β-amino-alcohol motifs (C(OH)–C–C–N with tert-alkyl or cyclic N) is 2. The highest BCUT2D eigenvalue weighted by molar-refractivity contribution is 6.02. The van der Waals surface area contributed by atoms with Crippen molar-refractivity contribution in [3.8, 4) is 11.5 Å². The van der Waals surface area contributed by atoms with Crippen LogP contribution in [-0.2, 0) is 32.3 Å². The number of carbonyl (C=O) groups is 6. The van der Waals surface area contributed by atoms with Crippen LogP contribution < -0.4 is 20.1 Å². The minimum Gasteiger partial charge on any atom is -0.491 e. The highest BCUT2D eigenvalue weighted by Gasteiger charge is 2.46. The molecule has 16 nitrogen and oxygen atoms in total. The summed E-state index contributed by atoms with van der Waals surface area (Å²) in [6.45, 7) is 4.83. The van der Waals surface area contributed by atoms with Crippen LogP contribution in [0.4, 0.5) is 0 Å². The number of ether oxygens (including phenoxy) is 2. The van der Waals surface area contributed by atoms with E-state index in [9.17, 15) is 39.0 Å². The fourth-order valence-corrected chi connectivity index (χ4v) is 9.64. The van der Waals surface area contributed by atoms with Gasteiger partial charge < -0.3 is 49.9 Å². The number of rotatable bonds is 8. The smallest absolute Gasteiger partial charge is 0.255 e. The van der Waals surface area contributed by atoms with E-state index in [1.807, 2.05) is 72.8 Å². The Morgan fingerprint density at radius 3 is 1.36 bits per heavy atom. The van der Waals surface area contributed by atoms with Crippen molar-refractivity contribution in [3.05, 3.63) is 130 Å². The van der Waals surface area contributed by atoms with Gasteiger partial charge in [0.2, 0.25) is 23.6 Å². The first-order valence-electron chi connectivity index (χ1n) is 21.7. The maximum absolute atomic E-state index is 13.3. The van der Waals surface area contributed by atoms with E-state index in [2.05, 4.69) is 10.6 Å². The molecule has 6 heterocycles. The van der Waals surface area contributed by atoms with Crippen LogP contribution in [0.5, 0.6) is 11.5 Å². The lowest BCUT2D eigenvalue weighted by Crippen LogP contribution is -2.53. The Morgan fingerprint density at radius 2 is 0.953 bits per heavy atom. The maximum Gasteiger partial charge on any atom is 0.255 e. The molecule has 0 saturated carbocycles. The number of aliphatic hydroxyl groups excluding tert-OH is 2. The third-order valence-corrected chi connectivity index (χ3v) is 13.1. The molecule has 16 heteroatoms. The van der Waals surface area contributed by atoms with Crippen LogP contribution in [0.25, 0.3) is 0 Å². The zero-order valence-electron chi connectivity index (χ0n) is 35.5. The van der Waals surface area contributed by atoms with Gasteiger partial charge in [-0.2, -0.15) is 0 Å². The van der Waals surface area contributed by atoms with Gasteiger partial charge in [0.25, 0.3) is 11.8 Å². The third kappa shape index (κ3) is 7.91. The van der Waals surface area contributed by atoms with E-state index in [1.165, 1.54) is 19.6 Å². The lowest BCUT2D eigenvalue weighted by molar-refractivity contribution is -0.142. The average molecular weight is 871 g/mol. The lowest BCUT2D eigenvalue weighted by atomic mass is 10.1. The topological polar surface area (TPSA) is 198 Å². The van der Waals surface area contributed by atoms with Gasteiger partial charge >= 0.3 is 0 Å². The van der Waals surface area contributed by atoms with Gasteiger partial charge in [-0.05, 0) is 49.2 Å². The molecule has 0 aromatic heterocycles. The van der Waals surface area contributed by atoms with Crippen molar-refractivity contribution >= 4 is 35.4 Å². The zero-order valence-corrected chi connectivity index (χ0v) is 35.5. The predicted octanol–water partition coefficient (Wildman–Crippen LogP) is 2.49. The fraction of sp³-hybridized carbons (Fsp3) is 0.375. The summed E-state index contributed by atoms with van der Waals surface area (Å²) in [5, 5.41) is 26.4. The Labute approximate surface area is 369 Å². The Balaban J connectivity index is 0.000000162. The zero-order chi connectivity index (χ0) is 44.8. The minimum atomic E-state index is -0.798. The molecule has 0 radical (unpaired) electrons. The monoisotopic (exact) mass is 870 g/mol. The van der Waals surface area contributed by atoms with E-state index in [1.54, 1.807) is 38.1 Å². The van der Waals surface area contributed by atoms with Crippen molar-refractivity contribution < 1.29 is 48.5 Å².